The molecular weight excluding hydrogens is 320 g/mol. The zero-order chi connectivity index (χ0) is 14.5. The fourth-order valence-corrected chi connectivity index (χ4v) is 2.48. The second kappa shape index (κ2) is 6.38. The van der Waals surface area contributed by atoms with Crippen LogP contribution in [0, 0.1) is 0 Å². The Morgan fingerprint density at radius 2 is 2.25 bits per heavy atom. The highest BCUT2D eigenvalue weighted by Crippen LogP contribution is 2.24. The summed E-state index contributed by atoms with van der Waals surface area (Å²) in [5, 5.41) is 11.7. The lowest BCUT2D eigenvalue weighted by Gasteiger charge is -2.20. The van der Waals surface area contributed by atoms with Crippen LogP contribution in [0.25, 0.3) is 0 Å². The number of amidine groups is 1. The lowest BCUT2D eigenvalue weighted by molar-refractivity contribution is 0.318. The van der Waals surface area contributed by atoms with E-state index in [4.69, 9.17) is 10.9 Å². The highest BCUT2D eigenvalue weighted by molar-refractivity contribution is 9.10. The minimum atomic E-state index is 0.111. The van der Waals surface area contributed by atoms with Gasteiger partial charge in [-0.2, -0.15) is 0 Å². The third-order valence-electron chi connectivity index (χ3n) is 2.91. The predicted octanol–water partition coefficient (Wildman–Crippen LogP) is 2.58. The molecule has 0 amide bonds. The summed E-state index contributed by atoms with van der Waals surface area (Å²) in [5.41, 5.74) is 8.42. The molecule has 0 fully saturated rings. The van der Waals surface area contributed by atoms with E-state index in [1.807, 2.05) is 31.3 Å². The molecule has 2 rings (SSSR count). The Morgan fingerprint density at radius 3 is 2.95 bits per heavy atom. The molecule has 0 aliphatic carbocycles. The Morgan fingerprint density at radius 1 is 1.45 bits per heavy atom. The summed E-state index contributed by atoms with van der Waals surface area (Å²) in [6.45, 7) is 0.704. The highest BCUT2D eigenvalue weighted by atomic mass is 79.9. The van der Waals surface area contributed by atoms with Crippen LogP contribution in [-0.4, -0.2) is 23.1 Å². The molecule has 5 nitrogen and oxygen atoms in total. The molecule has 1 aromatic carbocycles. The molecule has 1 aromatic heterocycles. The molecule has 0 bridgehead atoms. The van der Waals surface area contributed by atoms with E-state index in [0.717, 1.165) is 15.7 Å². The van der Waals surface area contributed by atoms with Gasteiger partial charge in [0.1, 0.15) is 0 Å². The molecule has 104 valence electrons. The van der Waals surface area contributed by atoms with Gasteiger partial charge in [0.05, 0.1) is 10.2 Å². The number of rotatable bonds is 4. The van der Waals surface area contributed by atoms with Gasteiger partial charge in [-0.05, 0) is 33.6 Å². The van der Waals surface area contributed by atoms with Gasteiger partial charge < -0.3 is 15.8 Å². The summed E-state index contributed by atoms with van der Waals surface area (Å²) in [6.07, 6.45) is 3.52. The molecule has 0 radical (unpaired) electrons. The SMILES string of the molecule is CN(Cc1cccc(/C(N)=N/O)c1)c1ccncc1Br. The Bertz CT molecular complexity index is 630. The van der Waals surface area contributed by atoms with Gasteiger partial charge in [0.15, 0.2) is 5.84 Å². The fourth-order valence-electron chi connectivity index (χ4n) is 1.92. The largest absolute Gasteiger partial charge is 0.409 e. The Kier molecular flexibility index (Phi) is 4.57. The summed E-state index contributed by atoms with van der Waals surface area (Å²) < 4.78 is 0.940. The molecule has 6 heteroatoms. The minimum absolute atomic E-state index is 0.111. The number of nitrogens with two attached hydrogens (primary N) is 1. The lowest BCUT2D eigenvalue weighted by Crippen LogP contribution is -2.18. The lowest BCUT2D eigenvalue weighted by atomic mass is 10.1. The first-order valence-corrected chi connectivity index (χ1v) is 6.78. The number of anilines is 1. The van der Waals surface area contributed by atoms with Gasteiger partial charge in [-0.15, -0.1) is 0 Å². The Hall–Kier alpha value is -2.08. The van der Waals surface area contributed by atoms with Crippen LogP contribution in [0.4, 0.5) is 5.69 Å². The molecule has 0 aliphatic heterocycles. The predicted molar refractivity (Wildman–Crippen MR) is 83.0 cm³/mol. The van der Waals surface area contributed by atoms with Crippen LogP contribution in [0.5, 0.6) is 0 Å². The van der Waals surface area contributed by atoms with Gasteiger partial charge in [0, 0.05) is 31.5 Å². The monoisotopic (exact) mass is 334 g/mol. The van der Waals surface area contributed by atoms with Gasteiger partial charge in [-0.25, -0.2) is 0 Å². The van der Waals surface area contributed by atoms with E-state index in [2.05, 4.69) is 31.0 Å². The van der Waals surface area contributed by atoms with Gasteiger partial charge in [0.2, 0.25) is 0 Å². The maximum atomic E-state index is 8.71. The molecule has 0 aliphatic rings. The van der Waals surface area contributed by atoms with Crippen LogP contribution in [-0.2, 0) is 6.54 Å². The van der Waals surface area contributed by atoms with Crippen molar-refractivity contribution in [1.29, 1.82) is 0 Å². The van der Waals surface area contributed by atoms with Crippen LogP contribution in [0.15, 0.2) is 52.4 Å². The van der Waals surface area contributed by atoms with Crippen molar-refractivity contribution in [1.82, 2.24) is 4.98 Å². The maximum absolute atomic E-state index is 8.71. The molecule has 0 atom stereocenters. The third-order valence-corrected chi connectivity index (χ3v) is 3.52. The Balaban J connectivity index is 2.20. The number of pyridine rings is 1. The van der Waals surface area contributed by atoms with Crippen molar-refractivity contribution in [2.24, 2.45) is 10.9 Å². The van der Waals surface area contributed by atoms with Crippen LogP contribution < -0.4 is 10.6 Å². The van der Waals surface area contributed by atoms with Gasteiger partial charge in [-0.3, -0.25) is 4.98 Å². The molecule has 2 aromatic rings. The standard InChI is InChI=1S/C14H15BrN4O/c1-19(13-5-6-17-8-12(13)15)9-10-3-2-4-11(7-10)14(16)18-20/h2-8,20H,9H2,1H3,(H2,16,18). The summed E-state index contributed by atoms with van der Waals surface area (Å²) in [4.78, 5) is 6.14. The zero-order valence-corrected chi connectivity index (χ0v) is 12.6. The number of halogens is 1. The molecule has 0 spiro atoms. The topological polar surface area (TPSA) is 74.7 Å². The number of hydrogen-bond donors (Lipinski definition) is 2. The number of aromatic nitrogens is 1. The first-order valence-electron chi connectivity index (χ1n) is 5.99. The van der Waals surface area contributed by atoms with Crippen molar-refractivity contribution in [3.05, 3.63) is 58.3 Å². The second-order valence-electron chi connectivity index (χ2n) is 4.37. The summed E-state index contributed by atoms with van der Waals surface area (Å²) >= 11 is 3.48. The van der Waals surface area contributed by atoms with E-state index in [-0.39, 0.29) is 5.84 Å². The van der Waals surface area contributed by atoms with Crippen molar-refractivity contribution >= 4 is 27.5 Å². The van der Waals surface area contributed by atoms with Gasteiger partial charge in [0.25, 0.3) is 0 Å². The molecule has 20 heavy (non-hydrogen) atoms. The second-order valence-corrected chi connectivity index (χ2v) is 5.22. The van der Waals surface area contributed by atoms with E-state index in [1.54, 1.807) is 18.5 Å². The van der Waals surface area contributed by atoms with E-state index in [1.165, 1.54) is 0 Å². The number of nitrogens with zero attached hydrogens (tertiary/aromatic N) is 3. The fraction of sp³-hybridized carbons (Fsp3) is 0.143. The molecule has 0 saturated carbocycles. The molecule has 0 unspecified atom stereocenters. The van der Waals surface area contributed by atoms with Crippen LogP contribution in [0.2, 0.25) is 0 Å². The van der Waals surface area contributed by atoms with E-state index in [9.17, 15) is 0 Å². The minimum Gasteiger partial charge on any atom is -0.409 e. The highest BCUT2D eigenvalue weighted by Gasteiger charge is 2.07. The average molecular weight is 335 g/mol. The van der Waals surface area contributed by atoms with Crippen LogP contribution in [0.3, 0.4) is 0 Å². The zero-order valence-electron chi connectivity index (χ0n) is 11.0. The van der Waals surface area contributed by atoms with Crippen molar-refractivity contribution in [3.63, 3.8) is 0 Å². The van der Waals surface area contributed by atoms with Crippen molar-refractivity contribution < 1.29 is 5.21 Å². The maximum Gasteiger partial charge on any atom is 0.170 e. The van der Waals surface area contributed by atoms with E-state index >= 15 is 0 Å². The van der Waals surface area contributed by atoms with Gasteiger partial charge in [-0.1, -0.05) is 23.4 Å². The summed E-state index contributed by atoms with van der Waals surface area (Å²) in [5.74, 6) is 0.111. The van der Waals surface area contributed by atoms with Crippen LogP contribution in [0.1, 0.15) is 11.1 Å². The molecular formula is C14H15BrN4O. The first-order chi connectivity index (χ1) is 9.61. The van der Waals surface area contributed by atoms with Crippen LogP contribution >= 0.6 is 15.9 Å². The van der Waals surface area contributed by atoms with E-state index < -0.39 is 0 Å². The number of oxime groups is 1. The number of benzene rings is 1. The van der Waals surface area contributed by atoms with Crippen molar-refractivity contribution in [2.45, 2.75) is 6.54 Å². The van der Waals surface area contributed by atoms with Gasteiger partial charge >= 0.3 is 0 Å². The third kappa shape index (κ3) is 3.27. The average Bonchev–Trinajstić information content (AvgIpc) is 2.47. The van der Waals surface area contributed by atoms with Crippen molar-refractivity contribution in [3.8, 4) is 0 Å². The normalized spacial score (nSPS) is 11.4. The number of hydrogen-bond acceptors (Lipinski definition) is 4. The summed E-state index contributed by atoms with van der Waals surface area (Å²) in [7, 11) is 2.00. The molecule has 3 N–H and O–H groups in total. The molecule has 0 saturated heterocycles. The van der Waals surface area contributed by atoms with Crippen molar-refractivity contribution in [2.75, 3.05) is 11.9 Å². The smallest absolute Gasteiger partial charge is 0.170 e. The molecule has 1 heterocycles. The Labute approximate surface area is 125 Å². The van der Waals surface area contributed by atoms with E-state index in [0.29, 0.717) is 12.1 Å². The summed E-state index contributed by atoms with van der Waals surface area (Å²) in [6, 6.07) is 9.54. The first kappa shape index (κ1) is 14.3. The quantitative estimate of drug-likeness (QED) is 0.390.